The Kier molecular flexibility index (Phi) is 3.72. The summed E-state index contributed by atoms with van der Waals surface area (Å²) in [5, 5.41) is 11.9. The molecule has 3 aromatic rings. The molecule has 0 spiro atoms. The molecule has 26 heavy (non-hydrogen) atoms. The number of aromatic amines is 1. The summed E-state index contributed by atoms with van der Waals surface area (Å²) in [6.45, 7) is 0.712. The Labute approximate surface area is 147 Å². The molecule has 0 aliphatic carbocycles. The highest BCUT2D eigenvalue weighted by Gasteiger charge is 2.25. The van der Waals surface area contributed by atoms with E-state index >= 15 is 0 Å². The van der Waals surface area contributed by atoms with Gasteiger partial charge in [-0.1, -0.05) is 12.1 Å². The van der Waals surface area contributed by atoms with Gasteiger partial charge in [-0.15, -0.1) is 10.2 Å². The van der Waals surface area contributed by atoms with Crippen LogP contribution in [0.25, 0.3) is 11.4 Å². The Bertz CT molecular complexity index is 1040. The summed E-state index contributed by atoms with van der Waals surface area (Å²) in [5.74, 6) is 0.427. The van der Waals surface area contributed by atoms with Crippen LogP contribution in [0.3, 0.4) is 0 Å². The maximum atomic E-state index is 12.8. The monoisotopic (exact) mass is 352 g/mol. The Morgan fingerprint density at radius 2 is 2.04 bits per heavy atom. The van der Waals surface area contributed by atoms with Crippen LogP contribution in [0.2, 0.25) is 0 Å². The Morgan fingerprint density at radius 1 is 1.27 bits per heavy atom. The van der Waals surface area contributed by atoms with Crippen LogP contribution in [0.1, 0.15) is 21.6 Å². The number of anilines is 1. The van der Waals surface area contributed by atoms with Crippen LogP contribution in [-0.2, 0) is 20.0 Å². The van der Waals surface area contributed by atoms with Crippen LogP contribution in [-0.4, -0.2) is 47.5 Å². The van der Waals surface area contributed by atoms with Gasteiger partial charge in [0.05, 0.1) is 19.3 Å². The van der Waals surface area contributed by atoms with E-state index in [1.165, 1.54) is 4.80 Å². The smallest absolute Gasteiger partial charge is 0.255 e. The molecule has 0 saturated heterocycles. The maximum Gasteiger partial charge on any atom is 0.255 e. The van der Waals surface area contributed by atoms with Crippen LogP contribution < -0.4 is 11.3 Å². The summed E-state index contributed by atoms with van der Waals surface area (Å²) in [7, 11) is 1.69. The lowest BCUT2D eigenvalue weighted by Gasteiger charge is -2.27. The van der Waals surface area contributed by atoms with Gasteiger partial charge >= 0.3 is 0 Å². The molecule has 3 heterocycles. The van der Waals surface area contributed by atoms with Crippen LogP contribution in [0.4, 0.5) is 5.95 Å². The lowest BCUT2D eigenvalue weighted by molar-refractivity contribution is 0.0731. The molecular weight excluding hydrogens is 336 g/mol. The van der Waals surface area contributed by atoms with Gasteiger partial charge in [0.25, 0.3) is 11.5 Å². The van der Waals surface area contributed by atoms with E-state index in [2.05, 4.69) is 25.4 Å². The second kappa shape index (κ2) is 6.06. The Morgan fingerprint density at radius 3 is 2.73 bits per heavy atom. The number of nitrogens with one attached hydrogen (secondary N) is 1. The zero-order valence-electron chi connectivity index (χ0n) is 14.0. The zero-order valence-corrected chi connectivity index (χ0v) is 14.0. The van der Waals surface area contributed by atoms with Crippen LogP contribution in [0.5, 0.6) is 0 Å². The number of amides is 1. The van der Waals surface area contributed by atoms with Crippen LogP contribution in [0.15, 0.2) is 29.1 Å². The molecule has 1 aromatic carbocycles. The van der Waals surface area contributed by atoms with Gasteiger partial charge in [0.15, 0.2) is 0 Å². The molecule has 4 rings (SSSR count). The number of tetrazole rings is 1. The first-order chi connectivity index (χ1) is 12.5. The van der Waals surface area contributed by atoms with Gasteiger partial charge in [0.1, 0.15) is 0 Å². The maximum absolute atomic E-state index is 12.8. The van der Waals surface area contributed by atoms with E-state index in [0.717, 1.165) is 5.56 Å². The molecule has 0 bridgehead atoms. The minimum Gasteiger partial charge on any atom is -0.369 e. The van der Waals surface area contributed by atoms with Crippen molar-refractivity contribution >= 4 is 11.9 Å². The Balaban J connectivity index is 1.55. The summed E-state index contributed by atoms with van der Waals surface area (Å²) in [6, 6.07) is 7.01. The fraction of sp³-hybridized carbons (Fsp3) is 0.250. The quantitative estimate of drug-likeness (QED) is 0.648. The fourth-order valence-corrected chi connectivity index (χ4v) is 2.98. The molecule has 0 radical (unpaired) electrons. The molecule has 1 amide bonds. The van der Waals surface area contributed by atoms with Crippen molar-refractivity contribution in [3.05, 3.63) is 51.4 Å². The molecule has 132 valence electrons. The summed E-state index contributed by atoms with van der Waals surface area (Å²) in [4.78, 5) is 34.3. The molecule has 10 nitrogen and oxygen atoms in total. The molecular formula is C16H16N8O2. The standard InChI is InChI=1S/C16H16N8O2/c1-23-21-13(20-22-23)9-2-4-10(5-3-9)15(26)24-7-6-11-12(8-24)18-16(17)19-14(11)25/h2-5H,6-8H2,1H3,(H3,17,18,19,25). The first-order valence-corrected chi connectivity index (χ1v) is 8.02. The van der Waals surface area contributed by atoms with Crippen molar-refractivity contribution in [2.24, 2.45) is 7.05 Å². The average Bonchev–Trinajstić information content (AvgIpc) is 3.07. The number of H-pyrrole nitrogens is 1. The van der Waals surface area contributed by atoms with Gasteiger partial charge in [-0.3, -0.25) is 14.6 Å². The second-order valence-corrected chi connectivity index (χ2v) is 6.03. The molecule has 0 atom stereocenters. The molecule has 0 fully saturated rings. The number of aromatic nitrogens is 6. The van der Waals surface area contributed by atoms with Gasteiger partial charge in [0.2, 0.25) is 11.8 Å². The first-order valence-electron chi connectivity index (χ1n) is 8.02. The third kappa shape index (κ3) is 2.81. The lowest BCUT2D eigenvalue weighted by Crippen LogP contribution is -2.39. The van der Waals surface area contributed by atoms with Crippen molar-refractivity contribution in [2.75, 3.05) is 12.3 Å². The minimum atomic E-state index is -0.236. The van der Waals surface area contributed by atoms with E-state index < -0.39 is 0 Å². The topological polar surface area (TPSA) is 136 Å². The third-order valence-corrected chi connectivity index (χ3v) is 4.28. The summed E-state index contributed by atoms with van der Waals surface area (Å²) < 4.78 is 0. The largest absolute Gasteiger partial charge is 0.369 e. The van der Waals surface area contributed by atoms with Crippen molar-refractivity contribution in [2.45, 2.75) is 13.0 Å². The van der Waals surface area contributed by atoms with E-state index in [-0.39, 0.29) is 24.0 Å². The number of nitrogens with two attached hydrogens (primary N) is 1. The highest BCUT2D eigenvalue weighted by Crippen LogP contribution is 2.19. The van der Waals surface area contributed by atoms with Crippen molar-refractivity contribution in [1.29, 1.82) is 0 Å². The number of nitrogens with zero attached hydrogens (tertiary/aromatic N) is 6. The van der Waals surface area contributed by atoms with E-state index in [1.54, 1.807) is 36.2 Å². The predicted octanol–water partition coefficient (Wildman–Crippen LogP) is -0.259. The highest BCUT2D eigenvalue weighted by molar-refractivity contribution is 5.94. The van der Waals surface area contributed by atoms with E-state index in [9.17, 15) is 9.59 Å². The number of benzene rings is 1. The molecule has 1 aliphatic rings. The van der Waals surface area contributed by atoms with E-state index in [4.69, 9.17) is 5.73 Å². The van der Waals surface area contributed by atoms with Crippen molar-refractivity contribution in [3.8, 4) is 11.4 Å². The van der Waals surface area contributed by atoms with Gasteiger partial charge in [-0.25, -0.2) is 4.98 Å². The number of carbonyl (C=O) groups excluding carboxylic acids is 1. The van der Waals surface area contributed by atoms with Gasteiger partial charge in [-0.2, -0.15) is 4.80 Å². The van der Waals surface area contributed by atoms with E-state index in [0.29, 0.717) is 35.6 Å². The molecule has 2 aromatic heterocycles. The lowest BCUT2D eigenvalue weighted by atomic mass is 10.0. The Hall–Kier alpha value is -3.56. The first kappa shape index (κ1) is 15.9. The zero-order chi connectivity index (χ0) is 18.3. The molecule has 3 N–H and O–H groups in total. The second-order valence-electron chi connectivity index (χ2n) is 6.03. The number of nitrogen functional groups attached to an aromatic ring is 1. The molecule has 1 aliphatic heterocycles. The average molecular weight is 352 g/mol. The van der Waals surface area contributed by atoms with Crippen molar-refractivity contribution in [3.63, 3.8) is 0 Å². The number of fused-ring (bicyclic) bond motifs is 1. The molecule has 0 saturated carbocycles. The van der Waals surface area contributed by atoms with Crippen LogP contribution >= 0.6 is 0 Å². The summed E-state index contributed by atoms with van der Waals surface area (Å²) in [6.07, 6.45) is 0.450. The van der Waals surface area contributed by atoms with Gasteiger partial charge in [-0.05, 0) is 23.8 Å². The number of hydrogen-bond donors (Lipinski definition) is 2. The fourth-order valence-electron chi connectivity index (χ4n) is 2.98. The normalized spacial score (nSPS) is 13.5. The number of hydrogen-bond acceptors (Lipinski definition) is 7. The van der Waals surface area contributed by atoms with Crippen molar-refractivity contribution in [1.82, 2.24) is 35.1 Å². The van der Waals surface area contributed by atoms with Crippen molar-refractivity contribution < 1.29 is 4.79 Å². The third-order valence-electron chi connectivity index (χ3n) is 4.28. The SMILES string of the molecule is Cn1nnc(-c2ccc(C(=O)N3CCc4c(nc(N)[nH]c4=O)C3)cc2)n1. The van der Waals surface area contributed by atoms with E-state index in [1.807, 2.05) is 0 Å². The van der Waals surface area contributed by atoms with Gasteiger partial charge < -0.3 is 10.6 Å². The summed E-state index contributed by atoms with van der Waals surface area (Å²) in [5.41, 5.74) is 7.82. The highest BCUT2D eigenvalue weighted by atomic mass is 16.2. The molecule has 10 heteroatoms. The predicted molar refractivity (Wildman–Crippen MR) is 91.9 cm³/mol. The number of carbonyl (C=O) groups is 1. The summed E-state index contributed by atoms with van der Waals surface area (Å²) >= 11 is 0. The number of aryl methyl sites for hydroxylation is 1. The van der Waals surface area contributed by atoms with Gasteiger partial charge in [0, 0.05) is 23.2 Å². The van der Waals surface area contributed by atoms with Crippen LogP contribution in [0, 0.1) is 0 Å². The molecule has 0 unspecified atom stereocenters. The minimum absolute atomic E-state index is 0.0591. The number of rotatable bonds is 2.